The largest absolute Gasteiger partial charge is 0.381 e. The lowest BCUT2D eigenvalue weighted by Crippen LogP contribution is -2.39. The molecule has 0 spiro atoms. The molecule has 1 aromatic rings. The quantitative estimate of drug-likeness (QED) is 0.466. The Morgan fingerprint density at radius 3 is 2.31 bits per heavy atom. The highest BCUT2D eigenvalue weighted by Crippen LogP contribution is 2.34. The number of benzene rings is 1. The van der Waals surface area contributed by atoms with E-state index < -0.39 is 0 Å². The van der Waals surface area contributed by atoms with Gasteiger partial charge in [-0.1, -0.05) is 50.1 Å². The van der Waals surface area contributed by atoms with Crippen molar-refractivity contribution in [2.75, 3.05) is 32.8 Å². The molecule has 1 fully saturated rings. The second-order valence-electron chi connectivity index (χ2n) is 8.34. The highest BCUT2D eigenvalue weighted by Gasteiger charge is 2.41. The number of hydrogen-bond donors (Lipinski definition) is 0. The second kappa shape index (κ2) is 10.1. The van der Waals surface area contributed by atoms with Gasteiger partial charge in [0.05, 0.1) is 5.57 Å². The Labute approximate surface area is 174 Å². The van der Waals surface area contributed by atoms with E-state index in [9.17, 15) is 9.59 Å². The molecule has 0 atom stereocenters. The minimum Gasteiger partial charge on any atom is -0.381 e. The molecular weight excluding hydrogens is 364 g/mol. The number of imide groups is 1. The first kappa shape index (κ1) is 21.6. The minimum atomic E-state index is -0.166. The molecule has 0 aliphatic carbocycles. The first-order valence-corrected chi connectivity index (χ1v) is 11.0. The van der Waals surface area contributed by atoms with Gasteiger partial charge in [-0.25, -0.2) is 0 Å². The summed E-state index contributed by atoms with van der Waals surface area (Å²) in [6, 6.07) is 7.92. The first-order chi connectivity index (χ1) is 14.0. The van der Waals surface area contributed by atoms with E-state index in [4.69, 9.17) is 4.74 Å². The highest BCUT2D eigenvalue weighted by atomic mass is 16.5. The molecule has 0 saturated carbocycles. The maximum Gasteiger partial charge on any atom is 0.277 e. The second-order valence-corrected chi connectivity index (χ2v) is 8.34. The molecule has 2 heterocycles. The molecule has 1 saturated heterocycles. The number of aryl methyl sites for hydroxylation is 1. The van der Waals surface area contributed by atoms with Crippen LogP contribution in [0.25, 0.3) is 5.57 Å². The average molecular weight is 399 g/mol. The maximum absolute atomic E-state index is 13.3. The van der Waals surface area contributed by atoms with Crippen molar-refractivity contribution in [2.45, 2.75) is 52.9 Å². The van der Waals surface area contributed by atoms with Gasteiger partial charge in [0.1, 0.15) is 5.70 Å². The van der Waals surface area contributed by atoms with E-state index in [1.165, 1.54) is 4.90 Å². The summed E-state index contributed by atoms with van der Waals surface area (Å²) in [6.45, 7) is 9.79. The number of carbonyl (C=O) groups excluding carboxylic acids is 2. The Kier molecular flexibility index (Phi) is 7.48. The number of carbonyl (C=O) groups is 2. The summed E-state index contributed by atoms with van der Waals surface area (Å²) in [5.74, 6) is 0.355. The van der Waals surface area contributed by atoms with Crippen molar-refractivity contribution in [3.8, 4) is 0 Å². The summed E-state index contributed by atoms with van der Waals surface area (Å²) in [7, 11) is 0. The van der Waals surface area contributed by atoms with Crippen molar-refractivity contribution in [1.29, 1.82) is 0 Å². The minimum absolute atomic E-state index is 0.145. The summed E-state index contributed by atoms with van der Waals surface area (Å²) in [5, 5.41) is 0. The van der Waals surface area contributed by atoms with E-state index in [2.05, 4.69) is 18.7 Å². The molecule has 0 bridgehead atoms. The highest BCUT2D eigenvalue weighted by molar-refractivity contribution is 6.35. The van der Waals surface area contributed by atoms with Gasteiger partial charge in [-0.05, 0) is 44.1 Å². The Hall–Kier alpha value is -2.14. The summed E-state index contributed by atoms with van der Waals surface area (Å²) in [4.78, 5) is 30.1. The van der Waals surface area contributed by atoms with Crippen molar-refractivity contribution in [3.05, 3.63) is 41.1 Å². The summed E-state index contributed by atoms with van der Waals surface area (Å²) < 4.78 is 5.61. The molecule has 29 heavy (non-hydrogen) atoms. The lowest BCUT2D eigenvalue weighted by molar-refractivity contribution is -0.137. The number of nitrogens with zero attached hydrogens (tertiary/aromatic N) is 2. The third-order valence-corrected chi connectivity index (χ3v) is 5.90. The van der Waals surface area contributed by atoms with Gasteiger partial charge in [-0.15, -0.1) is 0 Å². The fourth-order valence-corrected chi connectivity index (χ4v) is 3.95. The van der Waals surface area contributed by atoms with Crippen molar-refractivity contribution in [3.63, 3.8) is 0 Å². The van der Waals surface area contributed by atoms with Crippen molar-refractivity contribution >= 4 is 17.4 Å². The zero-order valence-corrected chi connectivity index (χ0v) is 18.1. The normalized spacial score (nSPS) is 18.3. The Bertz CT molecular complexity index is 746. The standard InChI is InChI=1S/C24H34N2O3/c1-4-5-16-29-17-6-13-26-23(27)21(20-9-7-18(2)8-10-20)22(24(26)28)25-14-11-19(3)12-15-25/h7-10,19H,4-6,11-17H2,1-3H3. The van der Waals surface area contributed by atoms with Crippen LogP contribution in [-0.4, -0.2) is 54.5 Å². The van der Waals surface area contributed by atoms with Crippen LogP contribution in [0.4, 0.5) is 0 Å². The van der Waals surface area contributed by atoms with Crippen LogP contribution in [0.1, 0.15) is 57.1 Å². The maximum atomic E-state index is 13.3. The van der Waals surface area contributed by atoms with E-state index in [-0.39, 0.29) is 11.8 Å². The molecular formula is C24H34N2O3. The van der Waals surface area contributed by atoms with Crippen LogP contribution < -0.4 is 0 Å². The molecule has 0 N–H and O–H groups in total. The van der Waals surface area contributed by atoms with Gasteiger partial charge in [0, 0.05) is 32.8 Å². The molecule has 1 aromatic carbocycles. The Balaban J connectivity index is 1.78. The molecule has 2 aliphatic rings. The molecule has 2 amide bonds. The van der Waals surface area contributed by atoms with E-state index in [0.29, 0.717) is 36.8 Å². The number of unbranched alkanes of at least 4 members (excludes halogenated alkanes) is 1. The molecule has 5 heteroatoms. The van der Waals surface area contributed by atoms with E-state index in [1.807, 2.05) is 31.2 Å². The monoisotopic (exact) mass is 398 g/mol. The lowest BCUT2D eigenvalue weighted by atomic mass is 9.97. The van der Waals surface area contributed by atoms with Crippen LogP contribution >= 0.6 is 0 Å². The van der Waals surface area contributed by atoms with E-state index >= 15 is 0 Å². The Morgan fingerprint density at radius 2 is 1.66 bits per heavy atom. The number of likely N-dealkylation sites (tertiary alicyclic amines) is 1. The van der Waals surface area contributed by atoms with Crippen LogP contribution in [0.3, 0.4) is 0 Å². The Morgan fingerprint density at radius 1 is 1.00 bits per heavy atom. The van der Waals surface area contributed by atoms with Gasteiger partial charge in [-0.3, -0.25) is 14.5 Å². The predicted octanol–water partition coefficient (Wildman–Crippen LogP) is 4.01. The van der Waals surface area contributed by atoms with Gasteiger partial charge in [0.15, 0.2) is 0 Å². The molecule has 0 aromatic heterocycles. The van der Waals surface area contributed by atoms with Crippen LogP contribution in [0.2, 0.25) is 0 Å². The third-order valence-electron chi connectivity index (χ3n) is 5.90. The van der Waals surface area contributed by atoms with Crippen LogP contribution in [0, 0.1) is 12.8 Å². The van der Waals surface area contributed by atoms with Gasteiger partial charge in [-0.2, -0.15) is 0 Å². The van der Waals surface area contributed by atoms with E-state index in [1.54, 1.807) is 0 Å². The molecule has 0 radical (unpaired) electrons. The average Bonchev–Trinajstić information content (AvgIpc) is 2.96. The SMILES string of the molecule is CCCCOCCCN1C(=O)C(c2ccc(C)cc2)=C(N2CCC(C)CC2)C1=O. The smallest absolute Gasteiger partial charge is 0.277 e. The number of rotatable bonds is 9. The van der Waals surface area contributed by atoms with Crippen LogP contribution in [0.5, 0.6) is 0 Å². The number of hydrogen-bond acceptors (Lipinski definition) is 4. The van der Waals surface area contributed by atoms with Gasteiger partial charge >= 0.3 is 0 Å². The number of ether oxygens (including phenoxy) is 1. The van der Waals surface area contributed by atoms with Crippen LogP contribution in [-0.2, 0) is 14.3 Å². The predicted molar refractivity (Wildman–Crippen MR) is 115 cm³/mol. The van der Waals surface area contributed by atoms with Crippen LogP contribution in [0.15, 0.2) is 30.0 Å². The number of piperidine rings is 1. The van der Waals surface area contributed by atoms with Gasteiger partial charge in [0.2, 0.25) is 0 Å². The van der Waals surface area contributed by atoms with Crippen molar-refractivity contribution in [1.82, 2.24) is 9.80 Å². The first-order valence-electron chi connectivity index (χ1n) is 11.0. The fraction of sp³-hybridized carbons (Fsp3) is 0.583. The lowest BCUT2D eigenvalue weighted by Gasteiger charge is -2.32. The summed E-state index contributed by atoms with van der Waals surface area (Å²) in [6.07, 6.45) is 4.92. The van der Waals surface area contributed by atoms with Gasteiger partial charge in [0.25, 0.3) is 11.8 Å². The molecule has 3 rings (SSSR count). The number of amides is 2. The third kappa shape index (κ3) is 5.08. The fourth-order valence-electron chi connectivity index (χ4n) is 3.95. The summed E-state index contributed by atoms with van der Waals surface area (Å²) >= 11 is 0. The molecule has 5 nitrogen and oxygen atoms in total. The zero-order valence-electron chi connectivity index (χ0n) is 18.1. The topological polar surface area (TPSA) is 49.9 Å². The van der Waals surface area contributed by atoms with Crippen molar-refractivity contribution in [2.24, 2.45) is 5.92 Å². The molecule has 0 unspecified atom stereocenters. The zero-order chi connectivity index (χ0) is 20.8. The van der Waals surface area contributed by atoms with E-state index in [0.717, 1.165) is 56.5 Å². The molecule has 2 aliphatic heterocycles. The molecule has 158 valence electrons. The van der Waals surface area contributed by atoms with Crippen molar-refractivity contribution < 1.29 is 14.3 Å². The summed E-state index contributed by atoms with van der Waals surface area (Å²) in [5.41, 5.74) is 3.14. The van der Waals surface area contributed by atoms with Gasteiger partial charge < -0.3 is 9.64 Å².